The zero-order valence-electron chi connectivity index (χ0n) is 21.4. The van der Waals surface area contributed by atoms with Crippen LogP contribution in [0.5, 0.6) is 17.5 Å². The average molecular weight is 547 g/mol. The first-order valence-corrected chi connectivity index (χ1v) is 12.8. The van der Waals surface area contributed by atoms with Crippen LogP contribution in [0.1, 0.15) is 31.7 Å². The van der Waals surface area contributed by atoms with Crippen LogP contribution in [0.25, 0.3) is 0 Å². The maximum absolute atomic E-state index is 12.3. The van der Waals surface area contributed by atoms with E-state index in [4.69, 9.17) is 9.47 Å². The Bertz CT molecular complexity index is 1260. The highest BCUT2D eigenvalue weighted by Crippen LogP contribution is 2.32. The van der Waals surface area contributed by atoms with Crippen LogP contribution in [0.15, 0.2) is 54.7 Å². The molecule has 9 nitrogen and oxygen atoms in total. The second-order valence-corrected chi connectivity index (χ2v) is 10.3. The normalized spacial score (nSPS) is 19.4. The number of halogens is 3. The van der Waals surface area contributed by atoms with E-state index < -0.39 is 16.9 Å². The van der Waals surface area contributed by atoms with Crippen LogP contribution < -0.4 is 19.1 Å². The van der Waals surface area contributed by atoms with Crippen molar-refractivity contribution < 1.29 is 32.3 Å². The lowest BCUT2D eigenvalue weighted by atomic mass is 9.90. The van der Waals surface area contributed by atoms with E-state index in [-0.39, 0.29) is 24.2 Å². The summed E-state index contributed by atoms with van der Waals surface area (Å²) in [5.74, 6) is 0.845. The van der Waals surface area contributed by atoms with Gasteiger partial charge < -0.3 is 29.2 Å². The third-order valence-corrected chi connectivity index (χ3v) is 7.12. The Kier molecular flexibility index (Phi) is 7.28. The third-order valence-electron chi connectivity index (χ3n) is 7.12. The number of nitrogens with zero attached hydrogens (tertiary/aromatic N) is 4. The number of aromatic nitrogens is 2. The second-order valence-electron chi connectivity index (χ2n) is 10.3. The molecule has 0 aliphatic carbocycles. The molecule has 3 heterocycles. The lowest BCUT2D eigenvalue weighted by Crippen LogP contribution is -2.38. The first-order chi connectivity index (χ1) is 18.6. The van der Waals surface area contributed by atoms with E-state index in [2.05, 4.69) is 14.6 Å². The van der Waals surface area contributed by atoms with Crippen molar-refractivity contribution >= 4 is 11.5 Å². The maximum Gasteiger partial charge on any atom is 0.573 e. The minimum absolute atomic E-state index is 0.196. The molecule has 12 heteroatoms. The first kappa shape index (κ1) is 26.6. The van der Waals surface area contributed by atoms with Gasteiger partial charge in [0.25, 0.3) is 0 Å². The summed E-state index contributed by atoms with van der Waals surface area (Å²) >= 11 is 0. The molecular weight excluding hydrogens is 517 g/mol. The molecule has 5 rings (SSSR count). The van der Waals surface area contributed by atoms with Gasteiger partial charge in [-0.2, -0.15) is 0 Å². The van der Waals surface area contributed by atoms with Crippen LogP contribution in [0, 0.1) is 16.0 Å². The molecule has 1 atom stereocenters. The Morgan fingerprint density at radius 1 is 1.10 bits per heavy atom. The number of imidazole rings is 1. The van der Waals surface area contributed by atoms with E-state index in [0.717, 1.165) is 50.0 Å². The molecule has 2 aliphatic heterocycles. The number of rotatable bonds is 9. The minimum atomic E-state index is -4.67. The Morgan fingerprint density at radius 3 is 2.38 bits per heavy atom. The number of aryl methyl sites for hydroxylation is 1. The Balaban J connectivity index is 1.04. The van der Waals surface area contributed by atoms with Crippen molar-refractivity contribution in [3.8, 4) is 17.5 Å². The van der Waals surface area contributed by atoms with Crippen molar-refractivity contribution in [1.29, 1.82) is 0 Å². The van der Waals surface area contributed by atoms with Gasteiger partial charge in [0.2, 0.25) is 0 Å². The molecule has 0 radical (unpaired) electrons. The lowest BCUT2D eigenvalue weighted by molar-refractivity contribution is -0.389. The first-order valence-electron chi connectivity index (χ1n) is 12.8. The summed E-state index contributed by atoms with van der Waals surface area (Å²) in [6.07, 6.45) is 0.614. The summed E-state index contributed by atoms with van der Waals surface area (Å²) < 4.78 is 54.3. The summed E-state index contributed by atoms with van der Waals surface area (Å²) in [5, 5.41) is 10.9. The van der Waals surface area contributed by atoms with Gasteiger partial charge in [-0.1, -0.05) is 12.1 Å². The number of benzene rings is 2. The molecule has 0 N–H and O–H groups in total. The summed E-state index contributed by atoms with van der Waals surface area (Å²) in [5.41, 5.74) is 1.46. The quantitative estimate of drug-likeness (QED) is 0.249. The van der Waals surface area contributed by atoms with E-state index in [1.165, 1.54) is 18.3 Å². The van der Waals surface area contributed by atoms with Crippen LogP contribution in [-0.2, 0) is 13.0 Å². The number of fused-ring (bicyclic) bond motifs is 1. The van der Waals surface area contributed by atoms with Crippen LogP contribution in [0.3, 0.4) is 0 Å². The number of anilines is 1. The largest absolute Gasteiger partial charge is 0.573 e. The van der Waals surface area contributed by atoms with Crippen molar-refractivity contribution in [3.63, 3.8) is 0 Å². The predicted octanol–water partition coefficient (Wildman–Crippen LogP) is 5.77. The van der Waals surface area contributed by atoms with Crippen molar-refractivity contribution in [2.24, 2.45) is 5.92 Å². The molecule has 1 unspecified atom stereocenters. The van der Waals surface area contributed by atoms with E-state index in [9.17, 15) is 23.3 Å². The molecule has 1 saturated heterocycles. The molecular formula is C27H29F3N4O5. The average Bonchev–Trinajstić information content (AvgIpc) is 3.43. The van der Waals surface area contributed by atoms with E-state index in [1.807, 2.05) is 31.2 Å². The fourth-order valence-corrected chi connectivity index (χ4v) is 5.05. The lowest BCUT2D eigenvalue weighted by Gasteiger charge is -2.34. The number of alkyl halides is 3. The van der Waals surface area contributed by atoms with Crippen molar-refractivity contribution in [2.45, 2.75) is 51.1 Å². The van der Waals surface area contributed by atoms with Gasteiger partial charge in [0.05, 0.1) is 6.54 Å². The minimum Gasteiger partial charge on any atom is -0.489 e. The zero-order chi connectivity index (χ0) is 27.6. The molecule has 0 amide bonds. The van der Waals surface area contributed by atoms with Gasteiger partial charge in [-0.15, -0.1) is 13.2 Å². The fourth-order valence-electron chi connectivity index (χ4n) is 5.05. The summed E-state index contributed by atoms with van der Waals surface area (Å²) in [6, 6.07) is 14.3. The van der Waals surface area contributed by atoms with Crippen LogP contribution >= 0.6 is 0 Å². The number of hydrogen-bond donors (Lipinski definition) is 0. The topological polar surface area (TPSA) is 91.9 Å². The summed E-state index contributed by atoms with van der Waals surface area (Å²) in [7, 11) is 0. The smallest absolute Gasteiger partial charge is 0.489 e. The van der Waals surface area contributed by atoms with E-state index in [1.54, 1.807) is 16.7 Å². The third kappa shape index (κ3) is 6.73. The van der Waals surface area contributed by atoms with Crippen molar-refractivity contribution in [1.82, 2.24) is 9.55 Å². The SMILES string of the molecule is CC1(COc2ccc(N3CCC(CCc4ccc(OC(F)(F)F)cc4)CC3)cc2)Cn2cc([N+](=O)[O-])nc2O1. The number of nitro groups is 1. The van der Waals surface area contributed by atoms with Crippen LogP contribution in [0.2, 0.25) is 0 Å². The van der Waals surface area contributed by atoms with Crippen LogP contribution in [0.4, 0.5) is 24.7 Å². The van der Waals surface area contributed by atoms with E-state index in [0.29, 0.717) is 18.2 Å². The molecule has 0 bridgehead atoms. The van der Waals surface area contributed by atoms with E-state index >= 15 is 0 Å². The molecule has 0 spiro atoms. The Morgan fingerprint density at radius 2 is 1.77 bits per heavy atom. The molecule has 0 saturated carbocycles. The summed E-state index contributed by atoms with van der Waals surface area (Å²) in [4.78, 5) is 16.6. The predicted molar refractivity (Wildman–Crippen MR) is 136 cm³/mol. The van der Waals surface area contributed by atoms with Gasteiger partial charge in [-0.3, -0.25) is 4.57 Å². The zero-order valence-corrected chi connectivity index (χ0v) is 21.4. The van der Waals surface area contributed by atoms with Crippen molar-refractivity contribution in [3.05, 3.63) is 70.4 Å². The summed E-state index contributed by atoms with van der Waals surface area (Å²) in [6.45, 7) is 4.43. The number of hydrogen-bond acceptors (Lipinski definition) is 7. The fraction of sp³-hybridized carbons (Fsp3) is 0.444. The Labute approximate surface area is 223 Å². The molecule has 3 aromatic rings. The van der Waals surface area contributed by atoms with Gasteiger partial charge in [0, 0.05) is 23.8 Å². The Hall–Kier alpha value is -3.96. The molecule has 208 valence electrons. The molecule has 2 aromatic carbocycles. The molecule has 1 fully saturated rings. The molecule has 1 aromatic heterocycles. The molecule has 39 heavy (non-hydrogen) atoms. The number of ether oxygens (including phenoxy) is 3. The standard InChI is InChI=1S/C27H29F3N4O5/c1-26(17-33-16-24(34(35)36)31-25(33)39-26)18-37-22-10-6-21(7-11-22)32-14-12-20(13-15-32)3-2-19-4-8-23(9-5-19)38-27(28,29)30/h4-11,16,20H,2-3,12-15,17-18H2,1H3. The van der Waals surface area contributed by atoms with Gasteiger partial charge in [0.15, 0.2) is 5.60 Å². The highest BCUT2D eigenvalue weighted by molar-refractivity contribution is 5.49. The van der Waals surface area contributed by atoms with Gasteiger partial charge in [-0.25, -0.2) is 0 Å². The molecule has 2 aliphatic rings. The highest BCUT2D eigenvalue weighted by Gasteiger charge is 2.41. The van der Waals surface area contributed by atoms with Crippen LogP contribution in [-0.4, -0.2) is 46.1 Å². The van der Waals surface area contributed by atoms with Gasteiger partial charge >= 0.3 is 18.2 Å². The van der Waals surface area contributed by atoms with Gasteiger partial charge in [0.1, 0.15) is 24.3 Å². The van der Waals surface area contributed by atoms with Gasteiger partial charge in [-0.05, 0) is 85.4 Å². The maximum atomic E-state index is 12.3. The number of piperidine rings is 1. The second kappa shape index (κ2) is 10.7. The monoisotopic (exact) mass is 546 g/mol. The van der Waals surface area contributed by atoms with Crippen molar-refractivity contribution in [2.75, 3.05) is 24.6 Å². The highest BCUT2D eigenvalue weighted by atomic mass is 19.4.